The summed E-state index contributed by atoms with van der Waals surface area (Å²) in [7, 11) is 1.66. The van der Waals surface area contributed by atoms with Crippen LogP contribution in [0.3, 0.4) is 0 Å². The first kappa shape index (κ1) is 21.9. The molecule has 1 unspecified atom stereocenters. The second-order valence-corrected chi connectivity index (χ2v) is 8.30. The van der Waals surface area contributed by atoms with Gasteiger partial charge in [0.1, 0.15) is 17.3 Å². The second kappa shape index (κ2) is 9.88. The molecule has 0 amide bonds. The van der Waals surface area contributed by atoms with Crippen molar-refractivity contribution in [1.29, 1.82) is 0 Å². The number of Topliss-reactive ketones (excluding diaryl/α,β-unsaturated/α-hetero) is 1. The number of anilines is 1. The molecule has 5 nitrogen and oxygen atoms in total. The fraction of sp³-hybridized carbons (Fsp3) is 0.231. The maximum absolute atomic E-state index is 12.9. The Labute approximate surface area is 192 Å². The lowest BCUT2D eigenvalue weighted by Gasteiger charge is -2.18. The third-order valence-electron chi connectivity index (χ3n) is 5.44. The van der Waals surface area contributed by atoms with Gasteiger partial charge in [-0.1, -0.05) is 53.2 Å². The number of methoxy groups -OCH3 is 1. The Hall–Kier alpha value is -3.31. The number of rotatable bonds is 9. The minimum absolute atomic E-state index is 0.164. The molecule has 1 atom stereocenters. The molecule has 0 saturated heterocycles. The summed E-state index contributed by atoms with van der Waals surface area (Å²) < 4.78 is 10.4. The van der Waals surface area contributed by atoms with E-state index in [-0.39, 0.29) is 11.8 Å². The molecular weight excluding hydrogens is 424 g/mol. The number of halogens is 1. The number of nitrogens with zero attached hydrogens (tertiary/aromatic N) is 1. The molecule has 3 aromatic carbocycles. The standard InChI is InChI=1S/C26H25ClN2O3/c1-17-12-26(29-32-17)28-25(21-4-3-5-22(27)14-21)16-23(30)10-7-18-6-8-20-15-24(31-2)11-9-19(20)13-18/h3-6,8-9,11-15,25H,7,10,16H2,1-2H3,(H,28,29). The van der Waals surface area contributed by atoms with Gasteiger partial charge in [0.2, 0.25) is 0 Å². The normalized spacial score (nSPS) is 12.0. The number of hydrogen-bond acceptors (Lipinski definition) is 5. The molecule has 0 radical (unpaired) electrons. The van der Waals surface area contributed by atoms with Crippen LogP contribution < -0.4 is 10.1 Å². The lowest BCUT2D eigenvalue weighted by Crippen LogP contribution is -2.16. The van der Waals surface area contributed by atoms with E-state index >= 15 is 0 Å². The molecule has 0 spiro atoms. The van der Waals surface area contributed by atoms with Gasteiger partial charge in [0.25, 0.3) is 0 Å². The second-order valence-electron chi connectivity index (χ2n) is 7.86. The monoisotopic (exact) mass is 448 g/mol. The summed E-state index contributed by atoms with van der Waals surface area (Å²) in [5.74, 6) is 2.31. The minimum atomic E-state index is -0.241. The zero-order chi connectivity index (χ0) is 22.5. The molecule has 0 saturated carbocycles. The van der Waals surface area contributed by atoms with E-state index in [9.17, 15) is 4.79 Å². The van der Waals surface area contributed by atoms with E-state index < -0.39 is 0 Å². The van der Waals surface area contributed by atoms with E-state index in [0.29, 0.717) is 35.9 Å². The van der Waals surface area contributed by atoms with Gasteiger partial charge in [-0.2, -0.15) is 0 Å². The maximum atomic E-state index is 12.9. The Bertz CT molecular complexity index is 1230. The molecule has 1 heterocycles. The SMILES string of the molecule is COc1ccc2cc(CCC(=O)CC(Nc3cc(C)on3)c3cccc(Cl)c3)ccc2c1. The van der Waals surface area contributed by atoms with Gasteiger partial charge in [-0.3, -0.25) is 4.79 Å². The Balaban J connectivity index is 1.44. The summed E-state index contributed by atoms with van der Waals surface area (Å²) in [6.45, 7) is 1.83. The van der Waals surface area contributed by atoms with Crippen LogP contribution in [0.5, 0.6) is 5.75 Å². The predicted octanol–water partition coefficient (Wildman–Crippen LogP) is 6.54. The molecule has 164 valence electrons. The van der Waals surface area contributed by atoms with Crippen molar-refractivity contribution in [3.05, 3.63) is 88.6 Å². The number of fused-ring (bicyclic) bond motifs is 1. The Kier molecular flexibility index (Phi) is 6.76. The third-order valence-corrected chi connectivity index (χ3v) is 5.67. The fourth-order valence-corrected chi connectivity index (χ4v) is 3.96. The lowest BCUT2D eigenvalue weighted by molar-refractivity contribution is -0.119. The number of ether oxygens (including phenoxy) is 1. The molecule has 6 heteroatoms. The van der Waals surface area contributed by atoms with Gasteiger partial charge in [0.05, 0.1) is 13.2 Å². The zero-order valence-electron chi connectivity index (χ0n) is 18.1. The number of aryl methyl sites for hydroxylation is 2. The molecule has 1 N–H and O–H groups in total. The van der Waals surface area contributed by atoms with E-state index in [2.05, 4.69) is 28.7 Å². The van der Waals surface area contributed by atoms with Crippen LogP contribution in [0.1, 0.15) is 35.8 Å². The van der Waals surface area contributed by atoms with Gasteiger partial charge < -0.3 is 14.6 Å². The summed E-state index contributed by atoms with van der Waals surface area (Å²) >= 11 is 6.19. The van der Waals surface area contributed by atoms with Gasteiger partial charge in [-0.25, -0.2) is 0 Å². The van der Waals surface area contributed by atoms with Crippen LogP contribution >= 0.6 is 11.6 Å². The summed E-state index contributed by atoms with van der Waals surface area (Å²) in [5, 5.41) is 10.2. The lowest BCUT2D eigenvalue weighted by atomic mass is 9.97. The van der Waals surface area contributed by atoms with E-state index in [1.54, 1.807) is 7.11 Å². The van der Waals surface area contributed by atoms with Crippen molar-refractivity contribution < 1.29 is 14.1 Å². The summed E-state index contributed by atoms with van der Waals surface area (Å²) in [5.41, 5.74) is 2.07. The molecule has 32 heavy (non-hydrogen) atoms. The third kappa shape index (κ3) is 5.48. The quantitative estimate of drug-likeness (QED) is 0.315. The molecule has 4 aromatic rings. The van der Waals surface area contributed by atoms with Crippen LogP contribution in [0.2, 0.25) is 5.02 Å². The van der Waals surface area contributed by atoms with Gasteiger partial charge >= 0.3 is 0 Å². The Morgan fingerprint density at radius 1 is 1.09 bits per heavy atom. The van der Waals surface area contributed by atoms with Crippen molar-refractivity contribution in [3.8, 4) is 5.75 Å². The van der Waals surface area contributed by atoms with Crippen LogP contribution in [0.25, 0.3) is 10.8 Å². The minimum Gasteiger partial charge on any atom is -0.497 e. The van der Waals surface area contributed by atoms with Gasteiger partial charge in [-0.15, -0.1) is 0 Å². The predicted molar refractivity (Wildman–Crippen MR) is 128 cm³/mol. The van der Waals surface area contributed by atoms with E-state index in [0.717, 1.165) is 27.6 Å². The number of carbonyl (C=O) groups is 1. The van der Waals surface area contributed by atoms with E-state index in [1.165, 1.54) is 0 Å². The molecule has 0 fully saturated rings. The summed E-state index contributed by atoms with van der Waals surface area (Å²) in [6.07, 6.45) is 1.47. The number of hydrogen-bond donors (Lipinski definition) is 1. The maximum Gasteiger partial charge on any atom is 0.170 e. The van der Waals surface area contributed by atoms with Gasteiger partial charge in [-0.05, 0) is 59.5 Å². The van der Waals surface area contributed by atoms with Crippen molar-refractivity contribution in [2.45, 2.75) is 32.2 Å². The molecule has 0 bridgehead atoms. The molecule has 0 aliphatic carbocycles. The van der Waals surface area contributed by atoms with Crippen LogP contribution in [0.15, 0.2) is 71.3 Å². The average Bonchev–Trinajstić information content (AvgIpc) is 3.21. The number of carbonyl (C=O) groups excluding carboxylic acids is 1. The summed E-state index contributed by atoms with van der Waals surface area (Å²) in [4.78, 5) is 12.9. The molecule has 4 rings (SSSR count). The zero-order valence-corrected chi connectivity index (χ0v) is 18.9. The van der Waals surface area contributed by atoms with E-state index in [4.69, 9.17) is 20.9 Å². The topological polar surface area (TPSA) is 64.4 Å². The largest absolute Gasteiger partial charge is 0.497 e. The molecule has 1 aromatic heterocycles. The smallest absolute Gasteiger partial charge is 0.170 e. The first-order valence-electron chi connectivity index (χ1n) is 10.5. The summed E-state index contributed by atoms with van der Waals surface area (Å²) in [6, 6.07) is 21.4. The van der Waals surface area contributed by atoms with Gasteiger partial charge in [0.15, 0.2) is 5.82 Å². The van der Waals surface area contributed by atoms with Crippen molar-refractivity contribution in [1.82, 2.24) is 5.16 Å². The highest BCUT2D eigenvalue weighted by Gasteiger charge is 2.18. The Morgan fingerprint density at radius 2 is 1.91 bits per heavy atom. The fourth-order valence-electron chi connectivity index (χ4n) is 3.76. The van der Waals surface area contributed by atoms with Gasteiger partial charge in [0, 0.05) is 23.9 Å². The molecular formula is C26H25ClN2O3. The Morgan fingerprint density at radius 3 is 2.66 bits per heavy atom. The van der Waals surface area contributed by atoms with Crippen molar-refractivity contribution >= 4 is 34.0 Å². The average molecular weight is 449 g/mol. The van der Waals surface area contributed by atoms with Crippen LogP contribution in [0, 0.1) is 6.92 Å². The molecule has 0 aliphatic rings. The first-order chi connectivity index (χ1) is 15.5. The highest BCUT2D eigenvalue weighted by Crippen LogP contribution is 2.27. The number of aromatic nitrogens is 1. The van der Waals surface area contributed by atoms with Crippen LogP contribution in [-0.2, 0) is 11.2 Å². The van der Waals surface area contributed by atoms with Crippen LogP contribution in [0.4, 0.5) is 5.82 Å². The van der Waals surface area contributed by atoms with Crippen molar-refractivity contribution in [2.75, 3.05) is 12.4 Å². The first-order valence-corrected chi connectivity index (χ1v) is 10.9. The highest BCUT2D eigenvalue weighted by molar-refractivity contribution is 6.30. The number of benzene rings is 3. The van der Waals surface area contributed by atoms with Crippen molar-refractivity contribution in [3.63, 3.8) is 0 Å². The number of nitrogens with one attached hydrogen (secondary N) is 1. The molecule has 0 aliphatic heterocycles. The van der Waals surface area contributed by atoms with Crippen LogP contribution in [-0.4, -0.2) is 18.0 Å². The van der Waals surface area contributed by atoms with E-state index in [1.807, 2.05) is 55.5 Å². The van der Waals surface area contributed by atoms with Crippen molar-refractivity contribution in [2.24, 2.45) is 0 Å². The number of ketones is 1. The highest BCUT2D eigenvalue weighted by atomic mass is 35.5.